The molecule has 0 spiro atoms. The van der Waals surface area contributed by atoms with Crippen molar-refractivity contribution in [2.45, 2.75) is 13.0 Å². The Labute approximate surface area is 80.4 Å². The Hall–Kier alpha value is -0.965. The van der Waals surface area contributed by atoms with Crippen LogP contribution in [0.3, 0.4) is 0 Å². The highest BCUT2D eigenvalue weighted by Gasteiger charge is 2.26. The maximum absolute atomic E-state index is 12.4. The zero-order chi connectivity index (χ0) is 10.2. The maximum Gasteiger partial charge on any atom is 0.509 e. The molecule has 0 bridgehead atoms. The van der Waals surface area contributed by atoms with Gasteiger partial charge in [0.15, 0.2) is 0 Å². The summed E-state index contributed by atoms with van der Waals surface area (Å²) < 4.78 is 37.2. The van der Waals surface area contributed by atoms with Crippen LogP contribution in [0.2, 0.25) is 0 Å². The third kappa shape index (κ3) is 1.77. The minimum Gasteiger partial charge on any atom is -0.445 e. The van der Waals surface area contributed by atoms with E-state index in [1.165, 1.54) is 12.1 Å². The number of nitrogens with one attached hydrogen (secondary N) is 1. The molecule has 0 atom stereocenters. The van der Waals surface area contributed by atoms with Gasteiger partial charge in [-0.15, -0.1) is 5.46 Å². The van der Waals surface area contributed by atoms with Gasteiger partial charge in [0.05, 0.1) is 0 Å². The molecule has 1 aliphatic heterocycles. The van der Waals surface area contributed by atoms with Crippen LogP contribution in [-0.2, 0) is 13.0 Å². The maximum atomic E-state index is 12.4. The Morgan fingerprint density at radius 1 is 1.14 bits per heavy atom. The second-order valence-corrected chi connectivity index (χ2v) is 3.53. The first-order valence-electron chi connectivity index (χ1n) is 4.60. The standard InChI is InChI=1S/C9H10BF3N/c11-10(12,13)9-2-1-8-6-14-4-3-7(8)5-9/h1-2,5,14H,3-4,6H2/q-1. The van der Waals surface area contributed by atoms with Crippen LogP contribution in [0.4, 0.5) is 12.9 Å². The van der Waals surface area contributed by atoms with E-state index in [0.717, 1.165) is 17.7 Å². The zero-order valence-electron chi connectivity index (χ0n) is 7.56. The summed E-state index contributed by atoms with van der Waals surface area (Å²) in [6.45, 7) is -3.40. The fourth-order valence-corrected chi connectivity index (χ4v) is 1.70. The van der Waals surface area contributed by atoms with Gasteiger partial charge in [-0.2, -0.15) is 0 Å². The van der Waals surface area contributed by atoms with Gasteiger partial charge in [0.2, 0.25) is 0 Å². The van der Waals surface area contributed by atoms with Crippen molar-refractivity contribution in [2.75, 3.05) is 6.54 Å². The minimum atomic E-state index is -4.85. The van der Waals surface area contributed by atoms with Crippen LogP contribution in [0, 0.1) is 0 Å². The molecule has 1 heterocycles. The highest BCUT2D eigenvalue weighted by atomic mass is 19.4. The van der Waals surface area contributed by atoms with Gasteiger partial charge < -0.3 is 18.3 Å². The van der Waals surface area contributed by atoms with Crippen molar-refractivity contribution in [3.63, 3.8) is 0 Å². The van der Waals surface area contributed by atoms with Crippen molar-refractivity contribution in [3.05, 3.63) is 29.3 Å². The van der Waals surface area contributed by atoms with Crippen molar-refractivity contribution < 1.29 is 12.9 Å². The molecule has 76 valence electrons. The molecule has 1 N–H and O–H groups in total. The molecule has 1 aliphatic rings. The summed E-state index contributed by atoms with van der Waals surface area (Å²) in [4.78, 5) is 0. The highest BCUT2D eigenvalue weighted by molar-refractivity contribution is 6.73. The van der Waals surface area contributed by atoms with Crippen LogP contribution in [0.5, 0.6) is 0 Å². The average molecular weight is 200 g/mol. The van der Waals surface area contributed by atoms with E-state index in [2.05, 4.69) is 5.32 Å². The largest absolute Gasteiger partial charge is 0.509 e. The SMILES string of the molecule is F[B-](F)(F)c1ccc2c(c1)CCNC2. The Bertz CT molecular complexity index is 348. The predicted molar refractivity (Wildman–Crippen MR) is 50.6 cm³/mol. The van der Waals surface area contributed by atoms with Crippen LogP contribution in [0.25, 0.3) is 0 Å². The second kappa shape index (κ2) is 3.31. The van der Waals surface area contributed by atoms with E-state index < -0.39 is 12.4 Å². The summed E-state index contributed by atoms with van der Waals surface area (Å²) in [5, 5.41) is 3.12. The molecule has 0 aromatic heterocycles. The number of fused-ring (bicyclic) bond motifs is 1. The quantitative estimate of drug-likeness (QED) is 0.675. The number of rotatable bonds is 1. The number of hydrogen-bond acceptors (Lipinski definition) is 1. The summed E-state index contributed by atoms with van der Waals surface area (Å²) >= 11 is 0. The van der Waals surface area contributed by atoms with Crippen molar-refractivity contribution >= 4 is 12.4 Å². The van der Waals surface area contributed by atoms with Gasteiger partial charge in [0.1, 0.15) is 0 Å². The summed E-state index contributed by atoms with van der Waals surface area (Å²) in [5.74, 6) is 0. The molecule has 5 heteroatoms. The predicted octanol–water partition coefficient (Wildman–Crippen LogP) is 1.39. The molecule has 1 aromatic rings. The van der Waals surface area contributed by atoms with Crippen LogP contribution in [-0.4, -0.2) is 13.5 Å². The smallest absolute Gasteiger partial charge is 0.445 e. The fraction of sp³-hybridized carbons (Fsp3) is 0.333. The van der Waals surface area contributed by atoms with Gasteiger partial charge in [-0.3, -0.25) is 0 Å². The molecule has 0 radical (unpaired) electrons. The van der Waals surface area contributed by atoms with Crippen LogP contribution in [0.15, 0.2) is 18.2 Å². The topological polar surface area (TPSA) is 12.0 Å². The van der Waals surface area contributed by atoms with Crippen molar-refractivity contribution in [1.29, 1.82) is 0 Å². The normalized spacial score (nSPS) is 16.5. The van der Waals surface area contributed by atoms with Crippen molar-refractivity contribution in [1.82, 2.24) is 5.32 Å². The van der Waals surface area contributed by atoms with E-state index in [1.807, 2.05) is 0 Å². The fourth-order valence-electron chi connectivity index (χ4n) is 1.70. The molecular formula is C9H10BF3N-. The Kier molecular flexibility index (Phi) is 2.27. The molecule has 0 fully saturated rings. The lowest BCUT2D eigenvalue weighted by molar-refractivity contribution is 0.500. The van der Waals surface area contributed by atoms with Crippen LogP contribution >= 0.6 is 0 Å². The van der Waals surface area contributed by atoms with Gasteiger partial charge in [0, 0.05) is 6.54 Å². The molecule has 0 unspecified atom stereocenters. The van der Waals surface area contributed by atoms with Gasteiger partial charge in [-0.05, 0) is 24.1 Å². The monoisotopic (exact) mass is 200 g/mol. The van der Waals surface area contributed by atoms with Crippen molar-refractivity contribution in [3.8, 4) is 0 Å². The molecule has 0 amide bonds. The molecule has 1 aromatic carbocycles. The minimum absolute atomic E-state index is 0.481. The van der Waals surface area contributed by atoms with Crippen LogP contribution < -0.4 is 10.8 Å². The highest BCUT2D eigenvalue weighted by Crippen LogP contribution is 2.16. The van der Waals surface area contributed by atoms with Crippen LogP contribution in [0.1, 0.15) is 11.1 Å². The third-order valence-corrected chi connectivity index (χ3v) is 2.49. The Balaban J connectivity index is 2.39. The number of hydrogen-bond donors (Lipinski definition) is 1. The summed E-state index contributed by atoms with van der Waals surface area (Å²) in [6.07, 6.45) is 0.690. The van der Waals surface area contributed by atoms with E-state index in [1.54, 1.807) is 6.07 Å². The lowest BCUT2D eigenvalue weighted by Gasteiger charge is -2.21. The molecule has 0 aliphatic carbocycles. The summed E-state index contributed by atoms with van der Waals surface area (Å²) in [5.41, 5.74) is 1.34. The van der Waals surface area contributed by atoms with Crippen molar-refractivity contribution in [2.24, 2.45) is 0 Å². The Morgan fingerprint density at radius 3 is 2.64 bits per heavy atom. The molecular weight excluding hydrogens is 190 g/mol. The van der Waals surface area contributed by atoms with E-state index in [-0.39, 0.29) is 0 Å². The number of halogens is 3. The van der Waals surface area contributed by atoms with E-state index >= 15 is 0 Å². The molecule has 0 saturated carbocycles. The first-order chi connectivity index (χ1) is 6.57. The van der Waals surface area contributed by atoms with Gasteiger partial charge in [0.25, 0.3) is 0 Å². The number of benzene rings is 1. The van der Waals surface area contributed by atoms with Gasteiger partial charge in [-0.25, -0.2) is 0 Å². The first kappa shape index (κ1) is 9.58. The first-order valence-corrected chi connectivity index (χ1v) is 4.60. The summed E-state index contributed by atoms with van der Waals surface area (Å²) in [6, 6.07) is 4.04. The third-order valence-electron chi connectivity index (χ3n) is 2.49. The lowest BCUT2D eigenvalue weighted by atomic mass is 9.78. The second-order valence-electron chi connectivity index (χ2n) is 3.53. The zero-order valence-corrected chi connectivity index (χ0v) is 7.56. The van der Waals surface area contributed by atoms with E-state index in [0.29, 0.717) is 13.0 Å². The van der Waals surface area contributed by atoms with E-state index in [9.17, 15) is 12.9 Å². The van der Waals surface area contributed by atoms with E-state index in [4.69, 9.17) is 0 Å². The van der Waals surface area contributed by atoms with Gasteiger partial charge in [-0.1, -0.05) is 18.2 Å². The molecule has 1 nitrogen and oxygen atoms in total. The average Bonchev–Trinajstić information content (AvgIpc) is 2.16. The molecule has 14 heavy (non-hydrogen) atoms. The summed E-state index contributed by atoms with van der Waals surface area (Å²) in [7, 11) is 0. The van der Waals surface area contributed by atoms with Gasteiger partial charge >= 0.3 is 6.98 Å². The Morgan fingerprint density at radius 2 is 1.93 bits per heavy atom. The molecule has 2 rings (SSSR count). The lowest BCUT2D eigenvalue weighted by Crippen LogP contribution is -2.35. The molecule has 0 saturated heterocycles.